The molecule has 2 aromatic carbocycles. The van der Waals surface area contributed by atoms with Crippen molar-refractivity contribution in [3.05, 3.63) is 52.5 Å². The molecule has 9 heteroatoms. The summed E-state index contributed by atoms with van der Waals surface area (Å²) in [5, 5.41) is 4.17. The Labute approximate surface area is 160 Å². The molecule has 2 aromatic rings. The highest BCUT2D eigenvalue weighted by Gasteiger charge is 2.10. The van der Waals surface area contributed by atoms with Gasteiger partial charge in [-0.15, -0.1) is 0 Å². The Morgan fingerprint density at radius 3 is 2.44 bits per heavy atom. The number of nitrogens with two attached hydrogens (primary N) is 1. The summed E-state index contributed by atoms with van der Waals surface area (Å²) in [6, 6.07) is 9.57. The van der Waals surface area contributed by atoms with Crippen LogP contribution in [0.1, 0.15) is 15.9 Å². The first-order valence-corrected chi connectivity index (χ1v) is 8.08. The van der Waals surface area contributed by atoms with Crippen LogP contribution in [0, 0.1) is 0 Å². The van der Waals surface area contributed by atoms with Crippen LogP contribution in [-0.4, -0.2) is 38.9 Å². The minimum Gasteiger partial charge on any atom is -0.493 e. The predicted molar refractivity (Wildman–Crippen MR) is 101 cm³/mol. The number of benzene rings is 2. The van der Waals surface area contributed by atoms with Crippen LogP contribution in [-0.2, 0) is 4.79 Å². The van der Waals surface area contributed by atoms with E-state index < -0.39 is 11.8 Å². The van der Waals surface area contributed by atoms with Gasteiger partial charge in [-0.25, -0.2) is 5.43 Å². The third kappa shape index (κ3) is 5.61. The Morgan fingerprint density at radius 1 is 1.11 bits per heavy atom. The highest BCUT2D eigenvalue weighted by Crippen LogP contribution is 2.27. The molecule has 0 aliphatic rings. The number of primary amides is 1. The zero-order valence-corrected chi connectivity index (χ0v) is 15.4. The zero-order chi connectivity index (χ0) is 19.8. The molecule has 0 radical (unpaired) electrons. The second-order valence-corrected chi connectivity index (χ2v) is 5.62. The van der Waals surface area contributed by atoms with Crippen molar-refractivity contribution in [2.45, 2.75) is 0 Å². The van der Waals surface area contributed by atoms with E-state index >= 15 is 0 Å². The van der Waals surface area contributed by atoms with Crippen molar-refractivity contribution >= 4 is 29.6 Å². The molecule has 0 spiro atoms. The SMILES string of the molecule is COc1ccc(C(=O)N/N=C/c2ccc(OCC(N)=O)c(Cl)c2)cc1OC. The van der Waals surface area contributed by atoms with Crippen LogP contribution in [0.15, 0.2) is 41.5 Å². The summed E-state index contributed by atoms with van der Waals surface area (Å²) in [6.45, 7) is -0.269. The van der Waals surface area contributed by atoms with Crippen molar-refractivity contribution in [2.24, 2.45) is 10.8 Å². The molecular formula is C18H18ClN3O5. The Balaban J connectivity index is 2.01. The second-order valence-electron chi connectivity index (χ2n) is 5.21. The first-order valence-electron chi connectivity index (χ1n) is 7.70. The van der Waals surface area contributed by atoms with E-state index in [2.05, 4.69) is 10.5 Å². The van der Waals surface area contributed by atoms with Crippen molar-refractivity contribution in [2.75, 3.05) is 20.8 Å². The quantitative estimate of drug-likeness (QED) is 0.527. The fourth-order valence-electron chi connectivity index (χ4n) is 2.07. The number of halogens is 1. The largest absolute Gasteiger partial charge is 0.493 e. The molecule has 3 N–H and O–H groups in total. The van der Waals surface area contributed by atoms with Crippen molar-refractivity contribution in [1.82, 2.24) is 5.43 Å². The maximum Gasteiger partial charge on any atom is 0.271 e. The zero-order valence-electron chi connectivity index (χ0n) is 14.7. The number of hydrazone groups is 1. The van der Waals surface area contributed by atoms with Gasteiger partial charge >= 0.3 is 0 Å². The van der Waals surface area contributed by atoms with Crippen molar-refractivity contribution < 1.29 is 23.8 Å². The molecule has 2 amide bonds. The Morgan fingerprint density at radius 2 is 1.81 bits per heavy atom. The lowest BCUT2D eigenvalue weighted by atomic mass is 10.2. The fourth-order valence-corrected chi connectivity index (χ4v) is 2.31. The van der Waals surface area contributed by atoms with Crippen LogP contribution in [0.2, 0.25) is 5.02 Å². The van der Waals surface area contributed by atoms with Gasteiger partial charge in [0.05, 0.1) is 25.5 Å². The van der Waals surface area contributed by atoms with Gasteiger partial charge in [-0.3, -0.25) is 9.59 Å². The summed E-state index contributed by atoms with van der Waals surface area (Å²) >= 11 is 6.06. The third-order valence-electron chi connectivity index (χ3n) is 3.35. The molecule has 0 aromatic heterocycles. The fraction of sp³-hybridized carbons (Fsp3) is 0.167. The number of ether oxygens (including phenoxy) is 3. The molecule has 142 valence electrons. The number of nitrogens with one attached hydrogen (secondary N) is 1. The number of methoxy groups -OCH3 is 2. The summed E-state index contributed by atoms with van der Waals surface area (Å²) < 4.78 is 15.4. The lowest BCUT2D eigenvalue weighted by Gasteiger charge is -2.08. The summed E-state index contributed by atoms with van der Waals surface area (Å²) in [5.74, 6) is 0.259. The molecule has 0 saturated carbocycles. The van der Waals surface area contributed by atoms with Crippen LogP contribution < -0.4 is 25.4 Å². The molecule has 0 aliphatic heterocycles. The number of hydrogen-bond acceptors (Lipinski definition) is 6. The maximum absolute atomic E-state index is 12.2. The van der Waals surface area contributed by atoms with Gasteiger partial charge in [0.25, 0.3) is 11.8 Å². The van der Waals surface area contributed by atoms with E-state index in [1.807, 2.05) is 0 Å². The molecule has 2 rings (SSSR count). The summed E-state index contributed by atoms with van der Waals surface area (Å²) in [6.07, 6.45) is 1.42. The standard InChI is InChI=1S/C18H18ClN3O5/c1-25-15-6-4-12(8-16(15)26-2)18(24)22-21-9-11-3-5-14(13(19)7-11)27-10-17(20)23/h3-9H,10H2,1-2H3,(H2,20,23)(H,22,24)/b21-9+. The van der Waals surface area contributed by atoms with Gasteiger partial charge in [-0.2, -0.15) is 5.10 Å². The number of carbonyl (C=O) groups is 2. The Bertz CT molecular complexity index is 870. The molecule has 0 bridgehead atoms. The molecule has 0 heterocycles. The molecule has 27 heavy (non-hydrogen) atoms. The number of carbonyl (C=O) groups excluding carboxylic acids is 2. The molecule has 0 atom stereocenters. The molecule has 0 saturated heterocycles. The van der Waals surface area contributed by atoms with E-state index in [0.717, 1.165) is 0 Å². The van der Waals surface area contributed by atoms with Gasteiger partial charge in [-0.1, -0.05) is 11.6 Å². The van der Waals surface area contributed by atoms with Crippen LogP contribution in [0.5, 0.6) is 17.2 Å². The first kappa shape index (κ1) is 20.1. The molecule has 0 aliphatic carbocycles. The van der Waals surface area contributed by atoms with E-state index in [1.54, 1.807) is 36.4 Å². The molecular weight excluding hydrogens is 374 g/mol. The van der Waals surface area contributed by atoms with Gasteiger partial charge < -0.3 is 19.9 Å². The van der Waals surface area contributed by atoms with E-state index in [4.69, 9.17) is 31.5 Å². The van der Waals surface area contributed by atoms with Gasteiger partial charge in [0.15, 0.2) is 18.1 Å². The van der Waals surface area contributed by atoms with E-state index in [-0.39, 0.29) is 11.6 Å². The normalized spacial score (nSPS) is 10.5. The van der Waals surface area contributed by atoms with Gasteiger partial charge in [0.1, 0.15) is 5.75 Å². The highest BCUT2D eigenvalue weighted by molar-refractivity contribution is 6.32. The van der Waals surface area contributed by atoms with Crippen LogP contribution >= 0.6 is 11.6 Å². The first-order chi connectivity index (χ1) is 12.9. The van der Waals surface area contributed by atoms with Gasteiger partial charge in [-0.05, 0) is 42.0 Å². The summed E-state index contributed by atoms with van der Waals surface area (Å²) in [4.78, 5) is 22.9. The van der Waals surface area contributed by atoms with Crippen molar-refractivity contribution in [3.63, 3.8) is 0 Å². The minimum absolute atomic E-state index is 0.269. The number of nitrogens with zero attached hydrogens (tertiary/aromatic N) is 1. The van der Waals surface area contributed by atoms with E-state index in [1.165, 1.54) is 20.4 Å². The van der Waals surface area contributed by atoms with Crippen molar-refractivity contribution in [1.29, 1.82) is 0 Å². The topological polar surface area (TPSA) is 112 Å². The van der Waals surface area contributed by atoms with Crippen molar-refractivity contribution in [3.8, 4) is 17.2 Å². The van der Waals surface area contributed by atoms with Crippen LogP contribution in [0.4, 0.5) is 0 Å². The van der Waals surface area contributed by atoms with Crippen LogP contribution in [0.25, 0.3) is 0 Å². The molecule has 0 unspecified atom stereocenters. The lowest BCUT2D eigenvalue weighted by Crippen LogP contribution is -2.20. The number of hydrogen-bond donors (Lipinski definition) is 2. The number of rotatable bonds is 8. The van der Waals surface area contributed by atoms with E-state index in [9.17, 15) is 9.59 Å². The minimum atomic E-state index is -0.602. The van der Waals surface area contributed by atoms with Gasteiger partial charge in [0.2, 0.25) is 0 Å². The Kier molecular flexibility index (Phi) is 7.01. The average Bonchev–Trinajstić information content (AvgIpc) is 2.66. The molecule has 8 nitrogen and oxygen atoms in total. The predicted octanol–water partition coefficient (Wildman–Crippen LogP) is 1.99. The van der Waals surface area contributed by atoms with Gasteiger partial charge in [0, 0.05) is 5.56 Å². The summed E-state index contributed by atoms with van der Waals surface area (Å²) in [5.41, 5.74) is 8.41. The monoisotopic (exact) mass is 391 g/mol. The number of amides is 2. The third-order valence-corrected chi connectivity index (χ3v) is 3.65. The Hall–Kier alpha value is -3.26. The maximum atomic E-state index is 12.2. The van der Waals surface area contributed by atoms with E-state index in [0.29, 0.717) is 28.4 Å². The average molecular weight is 392 g/mol. The smallest absolute Gasteiger partial charge is 0.271 e. The lowest BCUT2D eigenvalue weighted by molar-refractivity contribution is -0.119. The highest BCUT2D eigenvalue weighted by atomic mass is 35.5. The summed E-state index contributed by atoms with van der Waals surface area (Å²) in [7, 11) is 3.00. The second kappa shape index (κ2) is 9.44. The molecule has 0 fully saturated rings. The van der Waals surface area contributed by atoms with Crippen LogP contribution in [0.3, 0.4) is 0 Å².